The molecule has 2 saturated carbocycles. The third-order valence-corrected chi connectivity index (χ3v) is 7.92. The second-order valence-electron chi connectivity index (χ2n) is 9.42. The third-order valence-electron chi connectivity index (χ3n) is 7.37. The summed E-state index contributed by atoms with van der Waals surface area (Å²) in [6.07, 6.45) is 2.91. The van der Waals surface area contributed by atoms with Gasteiger partial charge >= 0.3 is 5.97 Å². The van der Waals surface area contributed by atoms with E-state index in [9.17, 15) is 19.2 Å². The van der Waals surface area contributed by atoms with Crippen LogP contribution in [0.15, 0.2) is 48.5 Å². The van der Waals surface area contributed by atoms with Gasteiger partial charge in [-0.2, -0.15) is 0 Å². The van der Waals surface area contributed by atoms with E-state index >= 15 is 0 Å². The average molecular weight is 515 g/mol. The number of carbonyl (C=O) groups is 4. The molecule has 5 rings (SSSR count). The first-order chi connectivity index (χ1) is 16.8. The number of hydrogen-bond acceptors (Lipinski definition) is 5. The van der Waals surface area contributed by atoms with Gasteiger partial charge in [0.1, 0.15) is 6.04 Å². The molecule has 1 N–H and O–H groups in total. The number of anilines is 1. The average Bonchev–Trinajstić information content (AvgIpc) is 3.52. The van der Waals surface area contributed by atoms with Crippen LogP contribution in [0, 0.1) is 23.7 Å². The number of nitrogens with zero attached hydrogens (tertiary/aromatic N) is 1. The van der Waals surface area contributed by atoms with Crippen molar-refractivity contribution in [2.24, 2.45) is 23.7 Å². The lowest BCUT2D eigenvalue weighted by Crippen LogP contribution is -2.48. The Labute approximate surface area is 212 Å². The molecule has 35 heavy (non-hydrogen) atoms. The first kappa shape index (κ1) is 23.8. The fourth-order valence-electron chi connectivity index (χ4n) is 5.87. The molecule has 2 aromatic rings. The van der Waals surface area contributed by atoms with E-state index in [1.165, 1.54) is 12.1 Å². The first-order valence-electron chi connectivity index (χ1n) is 11.7. The lowest BCUT2D eigenvalue weighted by atomic mass is 9.81. The highest BCUT2D eigenvalue weighted by Gasteiger charge is 2.62. The minimum Gasteiger partial charge on any atom is -0.454 e. The van der Waals surface area contributed by atoms with Crippen LogP contribution in [0.25, 0.3) is 0 Å². The van der Waals surface area contributed by atoms with Crippen molar-refractivity contribution in [3.8, 4) is 0 Å². The molecule has 2 bridgehead atoms. The highest BCUT2D eigenvalue weighted by molar-refractivity contribution is 6.36. The highest BCUT2D eigenvalue weighted by atomic mass is 35.5. The molecule has 3 amide bonds. The zero-order valence-electron chi connectivity index (χ0n) is 18.8. The number of esters is 1. The van der Waals surface area contributed by atoms with Crippen molar-refractivity contribution in [2.75, 3.05) is 11.9 Å². The Morgan fingerprint density at radius 3 is 2.29 bits per heavy atom. The fourth-order valence-corrected chi connectivity index (χ4v) is 6.32. The van der Waals surface area contributed by atoms with Crippen LogP contribution >= 0.6 is 23.2 Å². The molecule has 0 spiro atoms. The Morgan fingerprint density at radius 1 is 1.00 bits per heavy atom. The van der Waals surface area contributed by atoms with E-state index in [1.807, 2.05) is 30.3 Å². The van der Waals surface area contributed by atoms with Gasteiger partial charge in [0.2, 0.25) is 11.8 Å². The Kier molecular flexibility index (Phi) is 6.55. The second kappa shape index (κ2) is 9.63. The topological polar surface area (TPSA) is 92.8 Å². The molecule has 1 aliphatic heterocycles. The van der Waals surface area contributed by atoms with Crippen LogP contribution < -0.4 is 5.32 Å². The molecule has 2 aliphatic carbocycles. The number of nitrogens with one attached hydrogen (secondary N) is 1. The standard InChI is InChI=1S/C26H24Cl2N2O5/c27-17-8-9-19(18(28)12-17)29-21(31)13-35-26(34)20(10-14-4-2-1-3-5-14)30-24(32)22-15-6-7-16(11-15)23(22)25(30)33/h1-5,8-9,12,15-16,20,22-23H,6-7,10-11,13H2,(H,29,31)/t15-,16-,20-,22-,23+/m0/s1. The summed E-state index contributed by atoms with van der Waals surface area (Å²) in [6.45, 7) is -0.586. The predicted octanol–water partition coefficient (Wildman–Crippen LogP) is 4.12. The minimum atomic E-state index is -1.13. The van der Waals surface area contributed by atoms with Gasteiger partial charge in [0.25, 0.3) is 5.91 Å². The van der Waals surface area contributed by atoms with Crippen LogP contribution in [0.5, 0.6) is 0 Å². The van der Waals surface area contributed by atoms with Gasteiger partial charge in [0.15, 0.2) is 6.61 Å². The first-order valence-corrected chi connectivity index (χ1v) is 12.4. The Morgan fingerprint density at radius 2 is 1.66 bits per heavy atom. The van der Waals surface area contributed by atoms with Crippen LogP contribution in [0.4, 0.5) is 5.69 Å². The number of halogens is 2. The molecule has 182 valence electrons. The van der Waals surface area contributed by atoms with Gasteiger partial charge in [0, 0.05) is 11.4 Å². The molecular formula is C26H24Cl2N2O5. The van der Waals surface area contributed by atoms with E-state index in [1.54, 1.807) is 6.07 Å². The van der Waals surface area contributed by atoms with E-state index in [2.05, 4.69) is 5.32 Å². The van der Waals surface area contributed by atoms with Crippen molar-refractivity contribution < 1.29 is 23.9 Å². The van der Waals surface area contributed by atoms with Crippen LogP contribution in [0.2, 0.25) is 10.0 Å². The summed E-state index contributed by atoms with van der Waals surface area (Å²) in [5, 5.41) is 3.23. The van der Waals surface area contributed by atoms with Crippen LogP contribution in [-0.4, -0.2) is 41.2 Å². The number of likely N-dealkylation sites (tertiary alicyclic amines) is 1. The maximum Gasteiger partial charge on any atom is 0.330 e. The Hall–Kier alpha value is -2.90. The quantitative estimate of drug-likeness (QED) is 0.443. The van der Waals surface area contributed by atoms with Crippen LogP contribution in [-0.2, 0) is 30.3 Å². The largest absolute Gasteiger partial charge is 0.454 e. The monoisotopic (exact) mass is 514 g/mol. The van der Waals surface area contributed by atoms with Crippen molar-refractivity contribution in [2.45, 2.75) is 31.7 Å². The molecule has 5 atom stereocenters. The van der Waals surface area contributed by atoms with Gasteiger partial charge in [-0.05, 0) is 54.9 Å². The Balaban J connectivity index is 1.31. The van der Waals surface area contributed by atoms with Gasteiger partial charge in [-0.25, -0.2) is 4.79 Å². The summed E-state index contributed by atoms with van der Waals surface area (Å²) in [7, 11) is 0. The molecule has 0 unspecified atom stereocenters. The van der Waals surface area contributed by atoms with Crippen molar-refractivity contribution in [1.29, 1.82) is 0 Å². The maximum atomic E-state index is 13.4. The lowest BCUT2D eigenvalue weighted by Gasteiger charge is -2.26. The smallest absolute Gasteiger partial charge is 0.330 e. The van der Waals surface area contributed by atoms with Crippen molar-refractivity contribution >= 4 is 52.6 Å². The molecule has 1 heterocycles. The van der Waals surface area contributed by atoms with Crippen LogP contribution in [0.1, 0.15) is 24.8 Å². The molecule has 0 radical (unpaired) electrons. The van der Waals surface area contributed by atoms with E-state index in [-0.39, 0.29) is 46.9 Å². The number of fused-ring (bicyclic) bond motifs is 5. The van der Waals surface area contributed by atoms with Gasteiger partial charge in [-0.15, -0.1) is 0 Å². The SMILES string of the molecule is O=C(COC(=O)[C@H](Cc1ccccc1)N1C(=O)[C@@H]2[C@H]3CC[C@@H](C3)[C@@H]2C1=O)Nc1ccc(Cl)cc1Cl. The molecule has 7 nitrogen and oxygen atoms in total. The summed E-state index contributed by atoms with van der Waals surface area (Å²) in [6, 6.07) is 12.6. The molecule has 2 aromatic carbocycles. The van der Waals surface area contributed by atoms with Crippen molar-refractivity contribution in [3.05, 3.63) is 64.1 Å². The molecule has 3 aliphatic rings. The number of ether oxygens (including phenoxy) is 1. The van der Waals surface area contributed by atoms with E-state index in [0.717, 1.165) is 29.7 Å². The number of amides is 3. The van der Waals surface area contributed by atoms with Gasteiger partial charge in [-0.1, -0.05) is 53.5 Å². The summed E-state index contributed by atoms with van der Waals surface area (Å²) in [5.41, 5.74) is 1.11. The zero-order chi connectivity index (χ0) is 24.7. The van der Waals surface area contributed by atoms with Gasteiger partial charge < -0.3 is 10.1 Å². The summed E-state index contributed by atoms with van der Waals surface area (Å²) in [4.78, 5) is 53.4. The van der Waals surface area contributed by atoms with Gasteiger partial charge in [0.05, 0.1) is 22.5 Å². The molecular weight excluding hydrogens is 491 g/mol. The predicted molar refractivity (Wildman–Crippen MR) is 130 cm³/mol. The summed E-state index contributed by atoms with van der Waals surface area (Å²) >= 11 is 12.0. The second-order valence-corrected chi connectivity index (χ2v) is 10.3. The van der Waals surface area contributed by atoms with E-state index in [4.69, 9.17) is 27.9 Å². The zero-order valence-corrected chi connectivity index (χ0v) is 20.3. The summed E-state index contributed by atoms with van der Waals surface area (Å²) in [5.74, 6) is -2.25. The van der Waals surface area contributed by atoms with E-state index < -0.39 is 24.5 Å². The molecule has 9 heteroatoms. The maximum absolute atomic E-state index is 13.4. The molecule has 1 saturated heterocycles. The normalized spacial score (nSPS) is 25.5. The number of carbonyl (C=O) groups excluding carboxylic acids is 4. The Bertz CT molecular complexity index is 1160. The molecule has 0 aromatic heterocycles. The highest BCUT2D eigenvalue weighted by Crippen LogP contribution is 2.56. The number of imide groups is 1. The minimum absolute atomic E-state index is 0.122. The third kappa shape index (κ3) is 4.55. The molecule has 3 fully saturated rings. The van der Waals surface area contributed by atoms with E-state index in [0.29, 0.717) is 10.7 Å². The number of rotatable bonds is 7. The van der Waals surface area contributed by atoms with Gasteiger partial charge in [-0.3, -0.25) is 19.3 Å². The van der Waals surface area contributed by atoms with Crippen LogP contribution in [0.3, 0.4) is 0 Å². The number of benzene rings is 2. The fraction of sp³-hybridized carbons (Fsp3) is 0.385. The lowest BCUT2D eigenvalue weighted by molar-refractivity contribution is -0.160. The van der Waals surface area contributed by atoms with Crippen molar-refractivity contribution in [3.63, 3.8) is 0 Å². The number of hydrogen-bond donors (Lipinski definition) is 1. The van der Waals surface area contributed by atoms with Crippen molar-refractivity contribution in [1.82, 2.24) is 4.90 Å². The summed E-state index contributed by atoms with van der Waals surface area (Å²) < 4.78 is 5.31.